The van der Waals surface area contributed by atoms with Gasteiger partial charge in [-0.2, -0.15) is 0 Å². The van der Waals surface area contributed by atoms with Crippen LogP contribution in [0, 0.1) is 0 Å². The van der Waals surface area contributed by atoms with Crippen molar-refractivity contribution < 1.29 is 0 Å². The van der Waals surface area contributed by atoms with Crippen molar-refractivity contribution in [1.82, 2.24) is 18.9 Å². The molecule has 54 heavy (non-hydrogen) atoms. The van der Waals surface area contributed by atoms with Gasteiger partial charge < -0.3 is 4.40 Å². The summed E-state index contributed by atoms with van der Waals surface area (Å²) in [6, 6.07) is 61.6. The van der Waals surface area contributed by atoms with Gasteiger partial charge >= 0.3 is 0 Å². The van der Waals surface area contributed by atoms with Gasteiger partial charge in [-0.1, -0.05) is 127 Å². The Morgan fingerprint density at radius 2 is 0.963 bits per heavy atom. The maximum atomic E-state index is 5.64. The fourth-order valence-electron chi connectivity index (χ4n) is 9.43. The zero-order valence-electron chi connectivity index (χ0n) is 29.0. The number of para-hydroxylation sites is 2. The van der Waals surface area contributed by atoms with E-state index in [4.69, 9.17) is 9.97 Å². The Labute approximate surface area is 308 Å². The van der Waals surface area contributed by atoms with Gasteiger partial charge in [0.2, 0.25) is 5.95 Å². The van der Waals surface area contributed by atoms with Crippen molar-refractivity contribution >= 4 is 103 Å². The average Bonchev–Trinajstić information content (AvgIpc) is 3.86. The Bertz CT molecular complexity index is 3740. The number of fused-ring (bicyclic) bond motifs is 15. The molecule has 0 saturated heterocycles. The Balaban J connectivity index is 1.25. The van der Waals surface area contributed by atoms with Crippen LogP contribution in [0.15, 0.2) is 170 Å². The number of benzene rings is 9. The van der Waals surface area contributed by atoms with Crippen LogP contribution in [-0.2, 0) is 0 Å². The molecule has 13 rings (SSSR count). The van der Waals surface area contributed by atoms with Gasteiger partial charge in [0.05, 0.1) is 38.8 Å². The first-order valence-electron chi connectivity index (χ1n) is 18.5. The number of rotatable bonds is 2. The molecule has 4 nitrogen and oxygen atoms in total. The third-order valence-corrected chi connectivity index (χ3v) is 11.8. The monoisotopic (exact) mass is 684 g/mol. The van der Waals surface area contributed by atoms with Crippen LogP contribution in [0.5, 0.6) is 0 Å². The largest absolute Gasteiger partial charge is 0.308 e. The second-order valence-electron chi connectivity index (χ2n) is 14.6. The highest BCUT2D eigenvalue weighted by atomic mass is 15.2. The Morgan fingerprint density at radius 1 is 0.352 bits per heavy atom. The third-order valence-electron chi connectivity index (χ3n) is 11.8. The Morgan fingerprint density at radius 3 is 1.78 bits per heavy atom. The van der Waals surface area contributed by atoms with Gasteiger partial charge in [0.1, 0.15) is 0 Å². The molecule has 9 aromatic carbocycles. The minimum atomic E-state index is 0.666. The predicted molar refractivity (Wildman–Crippen MR) is 226 cm³/mol. The molecule has 0 N–H and O–H groups in total. The van der Waals surface area contributed by atoms with E-state index in [1.54, 1.807) is 0 Å². The molecule has 0 radical (unpaired) electrons. The summed E-state index contributed by atoms with van der Waals surface area (Å²) < 4.78 is 4.82. The van der Waals surface area contributed by atoms with Crippen LogP contribution in [0.1, 0.15) is 0 Å². The molecule has 0 aliphatic carbocycles. The highest BCUT2D eigenvalue weighted by molar-refractivity contribution is 6.35. The van der Waals surface area contributed by atoms with Crippen LogP contribution in [0.25, 0.3) is 120 Å². The molecule has 0 atom stereocenters. The van der Waals surface area contributed by atoms with Crippen LogP contribution < -0.4 is 0 Å². The van der Waals surface area contributed by atoms with Crippen LogP contribution in [-0.4, -0.2) is 18.9 Å². The number of aromatic nitrogens is 4. The lowest BCUT2D eigenvalue weighted by Gasteiger charge is -2.14. The molecule has 0 aliphatic rings. The minimum absolute atomic E-state index is 0.666. The van der Waals surface area contributed by atoms with Crippen LogP contribution in [0.2, 0.25) is 0 Å². The van der Waals surface area contributed by atoms with E-state index in [9.17, 15) is 0 Å². The second kappa shape index (κ2) is 10.2. The molecule has 0 fully saturated rings. The lowest BCUT2D eigenvalue weighted by Crippen LogP contribution is -2.04. The quantitative estimate of drug-likeness (QED) is 0.170. The van der Waals surface area contributed by atoms with E-state index in [1.165, 1.54) is 75.8 Å². The van der Waals surface area contributed by atoms with Gasteiger partial charge in [-0.25, -0.2) is 9.97 Å². The SMILES string of the molecule is c1ccc2cc(-c3nc(-n4c5ccccc5c5cc6c7ccccc7n7c8cc9ccccc9cc8c(c54)c67)nc4ccc5ccccc5c34)ccc2c1. The molecule has 0 amide bonds. The summed E-state index contributed by atoms with van der Waals surface area (Å²) in [4.78, 5) is 11.1. The number of hydrogen-bond donors (Lipinski definition) is 0. The number of nitrogens with zero attached hydrogens (tertiary/aromatic N) is 4. The van der Waals surface area contributed by atoms with Crippen molar-refractivity contribution in [3.63, 3.8) is 0 Å². The average molecular weight is 685 g/mol. The van der Waals surface area contributed by atoms with Crippen molar-refractivity contribution in [2.45, 2.75) is 0 Å². The van der Waals surface area contributed by atoms with Gasteiger partial charge in [-0.15, -0.1) is 0 Å². The summed E-state index contributed by atoms with van der Waals surface area (Å²) in [5.74, 6) is 0.666. The molecular formula is C50H28N4. The first-order chi connectivity index (χ1) is 26.8. The maximum Gasteiger partial charge on any atom is 0.235 e. The molecule has 0 spiro atoms. The molecule has 0 bridgehead atoms. The van der Waals surface area contributed by atoms with Gasteiger partial charge in [-0.05, 0) is 74.8 Å². The summed E-state index contributed by atoms with van der Waals surface area (Å²) in [7, 11) is 0. The summed E-state index contributed by atoms with van der Waals surface area (Å²) in [5, 5.41) is 15.6. The van der Waals surface area contributed by atoms with Crippen molar-refractivity contribution in [3.8, 4) is 17.2 Å². The molecule has 0 unspecified atom stereocenters. The van der Waals surface area contributed by atoms with E-state index < -0.39 is 0 Å². The first kappa shape index (κ1) is 28.3. The normalized spacial score (nSPS) is 12.4. The summed E-state index contributed by atoms with van der Waals surface area (Å²) >= 11 is 0. The molecule has 0 aliphatic heterocycles. The maximum absolute atomic E-state index is 5.64. The molecule has 248 valence electrons. The summed E-state index contributed by atoms with van der Waals surface area (Å²) in [5.41, 5.74) is 8.81. The van der Waals surface area contributed by atoms with Gasteiger partial charge in [0.25, 0.3) is 0 Å². The smallest absolute Gasteiger partial charge is 0.235 e. The van der Waals surface area contributed by atoms with Gasteiger partial charge in [0.15, 0.2) is 0 Å². The fourth-order valence-corrected chi connectivity index (χ4v) is 9.43. The van der Waals surface area contributed by atoms with E-state index >= 15 is 0 Å². The van der Waals surface area contributed by atoms with Crippen LogP contribution in [0.3, 0.4) is 0 Å². The third kappa shape index (κ3) is 3.61. The zero-order chi connectivity index (χ0) is 35.1. The summed E-state index contributed by atoms with van der Waals surface area (Å²) in [6.07, 6.45) is 0. The van der Waals surface area contributed by atoms with Crippen molar-refractivity contribution in [2.75, 3.05) is 0 Å². The van der Waals surface area contributed by atoms with E-state index in [0.717, 1.165) is 38.6 Å². The lowest BCUT2D eigenvalue weighted by molar-refractivity contribution is 1.02. The van der Waals surface area contributed by atoms with E-state index in [1.807, 2.05) is 0 Å². The standard InChI is InChI=1S/C50H28N4/c1-2-13-31-25-34(22-21-29(31)11-1)47-45-35-16-6-5-12-30(35)23-24-41(45)51-50(52-47)54-43-20-10-8-18-37(43)39-28-38-36-17-7-9-19-42(36)53-44-27-33-15-4-3-14-32(33)26-40(44)46(48(38)53)49(39)54/h1-28H. The minimum Gasteiger partial charge on any atom is -0.308 e. The molecular weight excluding hydrogens is 657 g/mol. The van der Waals surface area contributed by atoms with Crippen molar-refractivity contribution in [3.05, 3.63) is 170 Å². The van der Waals surface area contributed by atoms with Gasteiger partial charge in [0, 0.05) is 43.3 Å². The van der Waals surface area contributed by atoms with E-state index in [2.05, 4.69) is 179 Å². The predicted octanol–water partition coefficient (Wildman–Crippen LogP) is 13.0. The first-order valence-corrected chi connectivity index (χ1v) is 18.5. The van der Waals surface area contributed by atoms with Crippen LogP contribution in [0.4, 0.5) is 0 Å². The highest BCUT2D eigenvalue weighted by Gasteiger charge is 2.26. The summed E-state index contributed by atoms with van der Waals surface area (Å²) in [6.45, 7) is 0. The fraction of sp³-hybridized carbons (Fsp3) is 0. The van der Waals surface area contributed by atoms with Crippen molar-refractivity contribution in [1.29, 1.82) is 0 Å². The Kier molecular flexibility index (Phi) is 5.34. The molecule has 4 aromatic heterocycles. The molecule has 13 aromatic rings. The number of hydrogen-bond acceptors (Lipinski definition) is 2. The highest BCUT2D eigenvalue weighted by Crippen LogP contribution is 2.47. The zero-order valence-corrected chi connectivity index (χ0v) is 29.0. The molecule has 0 saturated carbocycles. The van der Waals surface area contributed by atoms with Crippen LogP contribution >= 0.6 is 0 Å². The Hall–Kier alpha value is -7.30. The van der Waals surface area contributed by atoms with Gasteiger partial charge in [-0.3, -0.25) is 4.57 Å². The second-order valence-corrected chi connectivity index (χ2v) is 14.6. The lowest BCUT2D eigenvalue weighted by atomic mass is 9.98. The molecule has 4 heterocycles. The topological polar surface area (TPSA) is 35.1 Å². The van der Waals surface area contributed by atoms with E-state index in [0.29, 0.717) is 5.95 Å². The van der Waals surface area contributed by atoms with Crippen molar-refractivity contribution in [2.24, 2.45) is 0 Å². The van der Waals surface area contributed by atoms with E-state index in [-0.39, 0.29) is 0 Å². The molecule has 4 heteroatoms.